The van der Waals surface area contributed by atoms with Crippen LogP contribution < -0.4 is 4.90 Å². The number of nitrogens with zero attached hydrogens (tertiary/aromatic N) is 4. The van der Waals surface area contributed by atoms with Crippen molar-refractivity contribution in [3.05, 3.63) is 73.8 Å². The molecule has 0 radical (unpaired) electrons. The lowest BCUT2D eigenvalue weighted by atomic mass is 10.1. The summed E-state index contributed by atoms with van der Waals surface area (Å²) in [6.45, 7) is 3.61. The number of carbonyl (C=O) groups is 1. The van der Waals surface area contributed by atoms with Gasteiger partial charge in [-0.1, -0.05) is 17.7 Å². The number of amides is 1. The van der Waals surface area contributed by atoms with Crippen LogP contribution in [0.5, 0.6) is 0 Å². The normalized spacial score (nSPS) is 14.1. The third kappa shape index (κ3) is 3.86. The molecule has 1 heterocycles. The van der Waals surface area contributed by atoms with Gasteiger partial charge in [-0.05, 0) is 25.1 Å². The number of rotatable bonds is 4. The standard InChI is InChI=1S/C18H18N4O5/c1-13-2-4-14(5-3-13)18(23)20-10-8-19(9-11-20)16-7-6-15(21(24)25)12-17(16)22(26)27/h2-7,12H,8-11H2,1H3. The molecule has 0 N–H and O–H groups in total. The third-order valence-corrected chi connectivity index (χ3v) is 4.57. The van der Waals surface area contributed by atoms with Crippen molar-refractivity contribution in [2.45, 2.75) is 6.92 Å². The van der Waals surface area contributed by atoms with Gasteiger partial charge >= 0.3 is 0 Å². The molecule has 0 unspecified atom stereocenters. The summed E-state index contributed by atoms with van der Waals surface area (Å²) < 4.78 is 0. The average Bonchev–Trinajstić information content (AvgIpc) is 2.67. The molecule has 1 aliphatic heterocycles. The smallest absolute Gasteiger partial charge is 0.299 e. The summed E-state index contributed by atoms with van der Waals surface area (Å²) in [6, 6.07) is 10.9. The Morgan fingerprint density at radius 2 is 1.56 bits per heavy atom. The fourth-order valence-corrected chi connectivity index (χ4v) is 3.07. The maximum atomic E-state index is 12.6. The van der Waals surface area contributed by atoms with E-state index < -0.39 is 9.85 Å². The average molecular weight is 370 g/mol. The molecule has 2 aromatic rings. The fraction of sp³-hybridized carbons (Fsp3) is 0.278. The van der Waals surface area contributed by atoms with E-state index in [2.05, 4.69) is 0 Å². The summed E-state index contributed by atoms with van der Waals surface area (Å²) in [6.07, 6.45) is 0. The predicted octanol–water partition coefficient (Wildman–Crippen LogP) is 2.77. The molecule has 0 atom stereocenters. The highest BCUT2D eigenvalue weighted by molar-refractivity contribution is 5.94. The number of nitro benzene ring substituents is 2. The zero-order chi connectivity index (χ0) is 19.6. The largest absolute Gasteiger partial charge is 0.362 e. The molecule has 1 fully saturated rings. The van der Waals surface area contributed by atoms with Crippen molar-refractivity contribution < 1.29 is 14.6 Å². The highest BCUT2D eigenvalue weighted by Gasteiger charge is 2.28. The Bertz CT molecular complexity index is 889. The summed E-state index contributed by atoms with van der Waals surface area (Å²) in [5.41, 5.74) is 1.38. The number of nitro groups is 2. The van der Waals surface area contributed by atoms with E-state index in [9.17, 15) is 25.0 Å². The SMILES string of the molecule is Cc1ccc(C(=O)N2CCN(c3ccc([N+](=O)[O-])cc3[N+](=O)[O-])CC2)cc1. The molecule has 0 aliphatic carbocycles. The Morgan fingerprint density at radius 1 is 0.926 bits per heavy atom. The monoisotopic (exact) mass is 370 g/mol. The van der Waals surface area contributed by atoms with Gasteiger partial charge in [0.05, 0.1) is 15.9 Å². The summed E-state index contributed by atoms with van der Waals surface area (Å²) in [5, 5.41) is 22.2. The van der Waals surface area contributed by atoms with Gasteiger partial charge in [-0.25, -0.2) is 0 Å². The zero-order valence-electron chi connectivity index (χ0n) is 14.7. The van der Waals surface area contributed by atoms with Gasteiger partial charge in [0.25, 0.3) is 17.3 Å². The van der Waals surface area contributed by atoms with Crippen LogP contribution >= 0.6 is 0 Å². The maximum Gasteiger partial charge on any atom is 0.299 e. The number of piperazine rings is 1. The minimum absolute atomic E-state index is 0.0761. The molecule has 0 aromatic heterocycles. The minimum atomic E-state index is -0.658. The topological polar surface area (TPSA) is 110 Å². The Hall–Kier alpha value is -3.49. The van der Waals surface area contributed by atoms with E-state index in [1.807, 2.05) is 19.1 Å². The zero-order valence-corrected chi connectivity index (χ0v) is 14.7. The lowest BCUT2D eigenvalue weighted by molar-refractivity contribution is -0.393. The van der Waals surface area contributed by atoms with Crippen molar-refractivity contribution in [2.24, 2.45) is 0 Å². The predicted molar refractivity (Wildman–Crippen MR) is 99.0 cm³/mol. The lowest BCUT2D eigenvalue weighted by Gasteiger charge is -2.35. The summed E-state index contributed by atoms with van der Waals surface area (Å²) in [5.74, 6) is -0.0761. The van der Waals surface area contributed by atoms with Gasteiger partial charge in [-0.3, -0.25) is 25.0 Å². The molecule has 3 rings (SSSR count). The molecule has 9 nitrogen and oxygen atoms in total. The number of benzene rings is 2. The number of aryl methyl sites for hydroxylation is 1. The molecule has 1 amide bonds. The molecule has 27 heavy (non-hydrogen) atoms. The van der Waals surface area contributed by atoms with E-state index in [-0.39, 0.29) is 17.3 Å². The van der Waals surface area contributed by atoms with Crippen molar-refractivity contribution in [1.29, 1.82) is 0 Å². The quantitative estimate of drug-likeness (QED) is 0.604. The molecule has 0 bridgehead atoms. The summed E-state index contributed by atoms with van der Waals surface area (Å²) in [4.78, 5) is 37.0. The molecule has 140 valence electrons. The van der Waals surface area contributed by atoms with Gasteiger partial charge in [0.2, 0.25) is 0 Å². The fourth-order valence-electron chi connectivity index (χ4n) is 3.07. The van der Waals surface area contributed by atoms with Gasteiger partial charge < -0.3 is 9.80 Å². The van der Waals surface area contributed by atoms with E-state index in [1.165, 1.54) is 12.1 Å². The van der Waals surface area contributed by atoms with Crippen LogP contribution in [0.25, 0.3) is 0 Å². The van der Waals surface area contributed by atoms with Gasteiger partial charge in [0, 0.05) is 37.8 Å². The first-order valence-corrected chi connectivity index (χ1v) is 8.40. The van der Waals surface area contributed by atoms with Crippen LogP contribution in [0.2, 0.25) is 0 Å². The van der Waals surface area contributed by atoms with E-state index >= 15 is 0 Å². The molecule has 9 heteroatoms. The van der Waals surface area contributed by atoms with E-state index in [1.54, 1.807) is 21.9 Å². The summed E-state index contributed by atoms with van der Waals surface area (Å²) >= 11 is 0. The number of hydrogen-bond donors (Lipinski definition) is 0. The highest BCUT2D eigenvalue weighted by Crippen LogP contribution is 2.32. The van der Waals surface area contributed by atoms with E-state index in [4.69, 9.17) is 0 Å². The first kappa shape index (κ1) is 18.3. The van der Waals surface area contributed by atoms with Gasteiger partial charge in [0.1, 0.15) is 5.69 Å². The Morgan fingerprint density at radius 3 is 2.11 bits per heavy atom. The van der Waals surface area contributed by atoms with Crippen LogP contribution in [-0.2, 0) is 0 Å². The second-order valence-corrected chi connectivity index (χ2v) is 6.33. The number of non-ortho nitro benzene ring substituents is 1. The number of hydrogen-bond acceptors (Lipinski definition) is 6. The minimum Gasteiger partial charge on any atom is -0.362 e. The molecule has 1 aliphatic rings. The van der Waals surface area contributed by atoms with Gasteiger partial charge in [-0.15, -0.1) is 0 Å². The first-order chi connectivity index (χ1) is 12.9. The number of carbonyl (C=O) groups excluding carboxylic acids is 1. The molecule has 0 saturated carbocycles. The van der Waals surface area contributed by atoms with E-state index in [0.717, 1.165) is 11.6 Å². The number of anilines is 1. The van der Waals surface area contributed by atoms with Crippen LogP contribution in [0.4, 0.5) is 17.1 Å². The lowest BCUT2D eigenvalue weighted by Crippen LogP contribution is -2.49. The van der Waals surface area contributed by atoms with Crippen LogP contribution in [0, 0.1) is 27.2 Å². The molecular formula is C18H18N4O5. The summed E-state index contributed by atoms with van der Waals surface area (Å²) in [7, 11) is 0. The Balaban J connectivity index is 1.74. The van der Waals surface area contributed by atoms with Crippen molar-refractivity contribution in [1.82, 2.24) is 4.90 Å². The maximum absolute atomic E-state index is 12.6. The first-order valence-electron chi connectivity index (χ1n) is 8.40. The van der Waals surface area contributed by atoms with Gasteiger partial charge in [0.15, 0.2) is 0 Å². The Kier molecular flexibility index (Phi) is 5.02. The van der Waals surface area contributed by atoms with Gasteiger partial charge in [-0.2, -0.15) is 0 Å². The van der Waals surface area contributed by atoms with Crippen LogP contribution in [0.1, 0.15) is 15.9 Å². The highest BCUT2D eigenvalue weighted by atomic mass is 16.6. The van der Waals surface area contributed by atoms with Crippen molar-refractivity contribution in [3.63, 3.8) is 0 Å². The van der Waals surface area contributed by atoms with Crippen molar-refractivity contribution in [3.8, 4) is 0 Å². The van der Waals surface area contributed by atoms with Crippen LogP contribution in [0.3, 0.4) is 0 Å². The van der Waals surface area contributed by atoms with Crippen molar-refractivity contribution >= 4 is 23.0 Å². The third-order valence-electron chi connectivity index (χ3n) is 4.57. The molecule has 2 aromatic carbocycles. The molecular weight excluding hydrogens is 352 g/mol. The van der Waals surface area contributed by atoms with Crippen LogP contribution in [0.15, 0.2) is 42.5 Å². The van der Waals surface area contributed by atoms with Crippen molar-refractivity contribution in [2.75, 3.05) is 31.1 Å². The van der Waals surface area contributed by atoms with Crippen LogP contribution in [-0.4, -0.2) is 46.8 Å². The second-order valence-electron chi connectivity index (χ2n) is 6.33. The van der Waals surface area contributed by atoms with E-state index in [0.29, 0.717) is 37.4 Å². The molecule has 0 spiro atoms. The second kappa shape index (κ2) is 7.40. The molecule has 1 saturated heterocycles. The Labute approximate surface area is 155 Å².